The molecule has 0 fully saturated rings. The van der Waals surface area contributed by atoms with Crippen LogP contribution in [0.25, 0.3) is 11.0 Å². The Balaban J connectivity index is 1.88. The lowest BCUT2D eigenvalue weighted by atomic mass is 10.1. The lowest BCUT2D eigenvalue weighted by Crippen LogP contribution is -2.08. The van der Waals surface area contributed by atoms with E-state index in [-0.39, 0.29) is 23.5 Å². The van der Waals surface area contributed by atoms with Crippen molar-refractivity contribution in [2.24, 2.45) is 0 Å². The normalized spacial score (nSPS) is 10.8. The molecule has 3 rings (SSSR count). The van der Waals surface area contributed by atoms with E-state index in [0.717, 1.165) is 18.2 Å². The Bertz CT molecular complexity index is 974. The number of esters is 1. The SMILES string of the molecule is O=C(OCc1cc(=O)oc2cc(O)ccc12)c1cc(F)cc(F)c1. The third-order valence-corrected chi connectivity index (χ3v) is 3.27. The maximum absolute atomic E-state index is 13.1. The van der Waals surface area contributed by atoms with Gasteiger partial charge in [-0.25, -0.2) is 18.4 Å². The summed E-state index contributed by atoms with van der Waals surface area (Å²) in [6, 6.07) is 7.61. The van der Waals surface area contributed by atoms with Crippen LogP contribution >= 0.6 is 0 Å². The van der Waals surface area contributed by atoms with Gasteiger partial charge in [0, 0.05) is 29.1 Å². The van der Waals surface area contributed by atoms with Gasteiger partial charge >= 0.3 is 11.6 Å². The molecule has 0 saturated carbocycles. The van der Waals surface area contributed by atoms with E-state index in [1.807, 2.05) is 0 Å². The van der Waals surface area contributed by atoms with Crippen LogP contribution in [0, 0.1) is 11.6 Å². The van der Waals surface area contributed by atoms with Crippen LogP contribution in [-0.2, 0) is 11.3 Å². The second-order valence-electron chi connectivity index (χ2n) is 5.01. The number of carbonyl (C=O) groups is 1. The first kappa shape index (κ1) is 15.7. The summed E-state index contributed by atoms with van der Waals surface area (Å²) in [5.41, 5.74) is -0.495. The Morgan fingerprint density at radius 2 is 1.79 bits per heavy atom. The minimum absolute atomic E-state index is 0.0879. The molecule has 0 unspecified atom stereocenters. The molecule has 1 N–H and O–H groups in total. The summed E-state index contributed by atoms with van der Waals surface area (Å²) in [5.74, 6) is -2.82. The fourth-order valence-electron chi connectivity index (χ4n) is 2.24. The molecule has 0 bridgehead atoms. The van der Waals surface area contributed by atoms with Gasteiger partial charge in [0.05, 0.1) is 5.56 Å². The lowest BCUT2D eigenvalue weighted by molar-refractivity contribution is 0.0472. The van der Waals surface area contributed by atoms with Crippen molar-refractivity contribution in [2.45, 2.75) is 6.61 Å². The van der Waals surface area contributed by atoms with Crippen molar-refractivity contribution < 1.29 is 27.8 Å². The lowest BCUT2D eigenvalue weighted by Gasteiger charge is -2.08. The van der Waals surface area contributed by atoms with E-state index in [1.165, 1.54) is 18.2 Å². The van der Waals surface area contributed by atoms with Crippen LogP contribution in [0.1, 0.15) is 15.9 Å². The van der Waals surface area contributed by atoms with Gasteiger partial charge in [0.1, 0.15) is 29.6 Å². The molecule has 1 heterocycles. The minimum atomic E-state index is -0.937. The summed E-state index contributed by atoms with van der Waals surface area (Å²) < 4.78 is 36.2. The molecule has 7 heteroatoms. The molecular weight excluding hydrogens is 322 g/mol. The number of hydrogen-bond acceptors (Lipinski definition) is 5. The van der Waals surface area contributed by atoms with Crippen LogP contribution in [0.4, 0.5) is 8.78 Å². The molecular formula is C17H10F2O5. The van der Waals surface area contributed by atoms with Gasteiger partial charge < -0.3 is 14.3 Å². The molecule has 0 aliphatic heterocycles. The molecule has 0 atom stereocenters. The number of halogens is 2. The largest absolute Gasteiger partial charge is 0.508 e. The van der Waals surface area contributed by atoms with Gasteiger partial charge in [0.15, 0.2) is 0 Å². The second kappa shape index (κ2) is 6.11. The Morgan fingerprint density at radius 1 is 1.08 bits per heavy atom. The average Bonchev–Trinajstić information content (AvgIpc) is 2.50. The number of rotatable bonds is 3. The third kappa shape index (κ3) is 3.24. The van der Waals surface area contributed by atoms with Crippen LogP contribution in [0.15, 0.2) is 51.7 Å². The zero-order valence-electron chi connectivity index (χ0n) is 12.1. The maximum Gasteiger partial charge on any atom is 0.338 e. The van der Waals surface area contributed by atoms with E-state index in [2.05, 4.69) is 0 Å². The summed E-state index contributed by atoms with van der Waals surface area (Å²) in [5, 5.41) is 9.88. The van der Waals surface area contributed by atoms with Gasteiger partial charge in [-0.1, -0.05) is 0 Å². The number of fused-ring (bicyclic) bond motifs is 1. The van der Waals surface area contributed by atoms with E-state index >= 15 is 0 Å². The van der Waals surface area contributed by atoms with E-state index in [4.69, 9.17) is 9.15 Å². The van der Waals surface area contributed by atoms with Crippen LogP contribution in [0.5, 0.6) is 5.75 Å². The van der Waals surface area contributed by atoms with E-state index in [1.54, 1.807) is 0 Å². The van der Waals surface area contributed by atoms with Gasteiger partial charge in [-0.15, -0.1) is 0 Å². The van der Waals surface area contributed by atoms with E-state index < -0.39 is 23.2 Å². The standard InChI is InChI=1S/C17H10F2O5/c18-11-3-9(4-12(19)6-11)17(22)23-8-10-5-16(21)24-15-7-13(20)1-2-14(10)15/h1-7,20H,8H2. The number of carbonyl (C=O) groups excluding carboxylic acids is 1. The molecule has 0 aliphatic rings. The number of phenolic OH excluding ortho intramolecular Hbond substituents is 1. The van der Waals surface area contributed by atoms with Crippen molar-refractivity contribution >= 4 is 16.9 Å². The predicted octanol–water partition coefficient (Wildman–Crippen LogP) is 3.13. The topological polar surface area (TPSA) is 76.7 Å². The number of aromatic hydroxyl groups is 1. The highest BCUT2D eigenvalue weighted by molar-refractivity contribution is 5.89. The summed E-state index contributed by atoms with van der Waals surface area (Å²) in [7, 11) is 0. The van der Waals surface area contributed by atoms with Crippen molar-refractivity contribution in [2.75, 3.05) is 0 Å². The first-order chi connectivity index (χ1) is 11.4. The van der Waals surface area contributed by atoms with E-state index in [0.29, 0.717) is 17.0 Å². The Kier molecular flexibility index (Phi) is 3.99. The Labute approximate surface area is 133 Å². The molecule has 3 aromatic rings. The number of benzene rings is 2. The van der Waals surface area contributed by atoms with Gasteiger partial charge in [-0.05, 0) is 24.3 Å². The first-order valence-electron chi connectivity index (χ1n) is 6.81. The van der Waals surface area contributed by atoms with Crippen molar-refractivity contribution in [3.05, 3.63) is 75.6 Å². The summed E-state index contributed by atoms with van der Waals surface area (Å²) >= 11 is 0. The van der Waals surface area contributed by atoms with Crippen LogP contribution < -0.4 is 5.63 Å². The summed E-state index contributed by atoms with van der Waals surface area (Å²) in [6.07, 6.45) is 0. The second-order valence-corrected chi connectivity index (χ2v) is 5.01. The van der Waals surface area contributed by atoms with Crippen molar-refractivity contribution in [3.63, 3.8) is 0 Å². The monoisotopic (exact) mass is 332 g/mol. The Hall–Kier alpha value is -3.22. The van der Waals surface area contributed by atoms with Crippen LogP contribution in [0.2, 0.25) is 0 Å². The zero-order valence-corrected chi connectivity index (χ0v) is 12.1. The average molecular weight is 332 g/mol. The summed E-state index contributed by atoms with van der Waals surface area (Å²) in [4.78, 5) is 23.4. The minimum Gasteiger partial charge on any atom is -0.508 e. The van der Waals surface area contributed by atoms with Gasteiger partial charge in [-0.3, -0.25) is 0 Å². The third-order valence-electron chi connectivity index (χ3n) is 3.27. The molecule has 0 aliphatic carbocycles. The van der Waals surface area contributed by atoms with Crippen molar-refractivity contribution in [1.82, 2.24) is 0 Å². The fraction of sp³-hybridized carbons (Fsp3) is 0.0588. The fourth-order valence-corrected chi connectivity index (χ4v) is 2.24. The Morgan fingerprint density at radius 3 is 2.50 bits per heavy atom. The summed E-state index contributed by atoms with van der Waals surface area (Å²) in [6.45, 7) is -0.302. The molecule has 0 amide bonds. The smallest absolute Gasteiger partial charge is 0.338 e. The molecule has 0 radical (unpaired) electrons. The number of phenols is 1. The van der Waals surface area contributed by atoms with E-state index in [9.17, 15) is 23.5 Å². The molecule has 1 aromatic heterocycles. The van der Waals surface area contributed by atoms with Gasteiger partial charge in [-0.2, -0.15) is 0 Å². The molecule has 0 spiro atoms. The zero-order chi connectivity index (χ0) is 17.3. The predicted molar refractivity (Wildman–Crippen MR) is 79.6 cm³/mol. The number of hydrogen-bond donors (Lipinski definition) is 1. The quantitative estimate of drug-likeness (QED) is 0.589. The van der Waals surface area contributed by atoms with Crippen molar-refractivity contribution in [1.29, 1.82) is 0 Å². The highest BCUT2D eigenvalue weighted by atomic mass is 19.1. The van der Waals surface area contributed by atoms with Gasteiger partial charge in [0.2, 0.25) is 0 Å². The molecule has 5 nitrogen and oxygen atoms in total. The molecule has 2 aromatic carbocycles. The van der Waals surface area contributed by atoms with Crippen molar-refractivity contribution in [3.8, 4) is 5.75 Å². The maximum atomic E-state index is 13.1. The van der Waals surface area contributed by atoms with Gasteiger partial charge in [0.25, 0.3) is 0 Å². The molecule has 24 heavy (non-hydrogen) atoms. The van der Waals surface area contributed by atoms with Crippen LogP contribution in [0.3, 0.4) is 0 Å². The highest BCUT2D eigenvalue weighted by Crippen LogP contribution is 2.22. The molecule has 0 saturated heterocycles. The van der Waals surface area contributed by atoms with Crippen LogP contribution in [-0.4, -0.2) is 11.1 Å². The highest BCUT2D eigenvalue weighted by Gasteiger charge is 2.13. The number of ether oxygens (including phenoxy) is 1. The first-order valence-corrected chi connectivity index (χ1v) is 6.81. The molecule has 122 valence electrons.